The first-order valence-electron chi connectivity index (χ1n) is 8.86. The van der Waals surface area contributed by atoms with Crippen LogP contribution in [0, 0.1) is 0 Å². The van der Waals surface area contributed by atoms with Gasteiger partial charge in [-0.1, -0.05) is 48.5 Å². The second-order valence-corrected chi connectivity index (χ2v) is 8.86. The van der Waals surface area contributed by atoms with E-state index in [-0.39, 0.29) is 5.91 Å². The number of benzene rings is 2. The Morgan fingerprint density at radius 2 is 1.81 bits per heavy atom. The Morgan fingerprint density at radius 3 is 2.56 bits per heavy atom. The van der Waals surface area contributed by atoms with E-state index < -0.39 is 5.41 Å². The van der Waals surface area contributed by atoms with Gasteiger partial charge in [-0.3, -0.25) is 4.79 Å². The van der Waals surface area contributed by atoms with Crippen molar-refractivity contribution in [2.45, 2.75) is 25.3 Å². The zero-order chi connectivity index (χ0) is 18.7. The number of fused-ring (bicyclic) bond motifs is 1. The molecular formula is C22H20N2OS2. The molecule has 0 spiro atoms. The molecule has 0 fully saturated rings. The third-order valence-corrected chi connectivity index (χ3v) is 6.67. The molecule has 4 aromatic rings. The summed E-state index contributed by atoms with van der Waals surface area (Å²) in [5.41, 5.74) is 1.33. The number of nitrogens with zero attached hydrogens (tertiary/aromatic N) is 1. The molecule has 0 radical (unpaired) electrons. The Hall–Kier alpha value is -2.50. The summed E-state index contributed by atoms with van der Waals surface area (Å²) in [5, 5.41) is 6.13. The van der Waals surface area contributed by atoms with E-state index in [0.717, 1.165) is 25.7 Å². The number of rotatable bonds is 6. The number of carbonyl (C=O) groups excluding carboxylic acids is 1. The number of hydrogen-bond donors (Lipinski definition) is 1. The Bertz CT molecular complexity index is 1010. The van der Waals surface area contributed by atoms with Crippen molar-refractivity contribution in [3.05, 3.63) is 87.6 Å². The number of thiazole rings is 1. The van der Waals surface area contributed by atoms with Crippen LogP contribution in [0.3, 0.4) is 0 Å². The molecule has 0 saturated carbocycles. The van der Waals surface area contributed by atoms with Gasteiger partial charge in [-0.2, -0.15) is 0 Å². The van der Waals surface area contributed by atoms with E-state index in [1.807, 2.05) is 73.0 Å². The number of para-hydroxylation sites is 1. The van der Waals surface area contributed by atoms with Crippen LogP contribution >= 0.6 is 22.7 Å². The third kappa shape index (κ3) is 3.80. The van der Waals surface area contributed by atoms with Gasteiger partial charge in [0.2, 0.25) is 5.91 Å². The lowest BCUT2D eigenvalue weighted by Gasteiger charge is -2.28. The summed E-state index contributed by atoms with van der Waals surface area (Å²) in [7, 11) is 0. The van der Waals surface area contributed by atoms with Crippen molar-refractivity contribution in [2.75, 3.05) is 0 Å². The van der Waals surface area contributed by atoms with Crippen LogP contribution in [0.1, 0.15) is 22.4 Å². The lowest BCUT2D eigenvalue weighted by molar-refractivity contribution is -0.126. The van der Waals surface area contributed by atoms with Gasteiger partial charge >= 0.3 is 0 Å². The van der Waals surface area contributed by atoms with Gasteiger partial charge in [0, 0.05) is 11.3 Å². The Balaban J connectivity index is 1.64. The highest BCUT2D eigenvalue weighted by atomic mass is 32.1. The number of hydrogen-bond acceptors (Lipinski definition) is 4. The zero-order valence-corrected chi connectivity index (χ0v) is 16.6. The topological polar surface area (TPSA) is 42.0 Å². The largest absolute Gasteiger partial charge is 0.350 e. The predicted octanol–water partition coefficient (Wildman–Crippen LogP) is 5.17. The molecule has 2 heterocycles. The monoisotopic (exact) mass is 392 g/mol. The molecule has 0 bridgehead atoms. The van der Waals surface area contributed by atoms with E-state index in [4.69, 9.17) is 4.98 Å². The fraction of sp³-hybridized carbons (Fsp3) is 0.182. The van der Waals surface area contributed by atoms with Crippen LogP contribution in [0.5, 0.6) is 0 Å². The fourth-order valence-corrected chi connectivity index (χ4v) is 4.96. The van der Waals surface area contributed by atoms with Gasteiger partial charge in [-0.25, -0.2) is 4.98 Å². The second kappa shape index (κ2) is 7.62. The standard InChI is InChI=1S/C22H20N2OS2/c1-22(16-8-3-2-4-9-16,21(25)23-15-17-10-7-13-26-17)14-20-24-18-11-5-6-12-19(18)27-20/h2-13H,14-15H2,1H3,(H,23,25). The zero-order valence-electron chi connectivity index (χ0n) is 15.0. The minimum Gasteiger partial charge on any atom is -0.350 e. The van der Waals surface area contributed by atoms with E-state index in [1.54, 1.807) is 22.7 Å². The molecule has 1 amide bonds. The van der Waals surface area contributed by atoms with Gasteiger partial charge in [-0.15, -0.1) is 22.7 Å². The van der Waals surface area contributed by atoms with E-state index in [9.17, 15) is 4.79 Å². The number of carbonyl (C=O) groups is 1. The second-order valence-electron chi connectivity index (χ2n) is 6.71. The molecule has 0 aliphatic heterocycles. The van der Waals surface area contributed by atoms with Crippen molar-refractivity contribution in [3.63, 3.8) is 0 Å². The molecule has 0 aliphatic carbocycles. The fourth-order valence-electron chi connectivity index (χ4n) is 3.19. The average molecular weight is 393 g/mol. The SMILES string of the molecule is CC(Cc1nc2ccccc2s1)(C(=O)NCc1cccs1)c1ccccc1. The summed E-state index contributed by atoms with van der Waals surface area (Å²) in [4.78, 5) is 19.2. The van der Waals surface area contributed by atoms with Crippen molar-refractivity contribution in [2.24, 2.45) is 0 Å². The molecule has 27 heavy (non-hydrogen) atoms. The molecular weight excluding hydrogens is 372 g/mol. The minimum absolute atomic E-state index is 0.0290. The average Bonchev–Trinajstić information content (AvgIpc) is 3.35. The number of amides is 1. The highest BCUT2D eigenvalue weighted by Crippen LogP contribution is 2.32. The van der Waals surface area contributed by atoms with Crippen molar-refractivity contribution >= 4 is 38.8 Å². The van der Waals surface area contributed by atoms with Crippen LogP contribution in [-0.2, 0) is 23.2 Å². The normalized spacial score (nSPS) is 13.4. The van der Waals surface area contributed by atoms with Gasteiger partial charge in [0.15, 0.2) is 0 Å². The van der Waals surface area contributed by atoms with Crippen LogP contribution in [-0.4, -0.2) is 10.9 Å². The molecule has 136 valence electrons. The van der Waals surface area contributed by atoms with Crippen LogP contribution in [0.4, 0.5) is 0 Å². The first-order valence-corrected chi connectivity index (χ1v) is 10.6. The van der Waals surface area contributed by atoms with Crippen LogP contribution < -0.4 is 5.32 Å². The van der Waals surface area contributed by atoms with Crippen molar-refractivity contribution in [1.29, 1.82) is 0 Å². The molecule has 0 aliphatic rings. The van der Waals surface area contributed by atoms with Gasteiger partial charge in [0.05, 0.1) is 27.2 Å². The summed E-state index contributed by atoms with van der Waals surface area (Å²) < 4.78 is 1.15. The Labute approximate surface area is 166 Å². The highest BCUT2D eigenvalue weighted by Gasteiger charge is 2.36. The lowest BCUT2D eigenvalue weighted by atomic mass is 9.78. The summed E-state index contributed by atoms with van der Waals surface area (Å²) >= 11 is 3.32. The van der Waals surface area contributed by atoms with Gasteiger partial charge in [0.25, 0.3) is 0 Å². The summed E-state index contributed by atoms with van der Waals surface area (Å²) in [6, 6.07) is 22.2. The van der Waals surface area contributed by atoms with Crippen molar-refractivity contribution in [1.82, 2.24) is 10.3 Å². The van der Waals surface area contributed by atoms with Crippen LogP contribution in [0.25, 0.3) is 10.2 Å². The Morgan fingerprint density at radius 1 is 1.04 bits per heavy atom. The van der Waals surface area contributed by atoms with Gasteiger partial charge in [0.1, 0.15) is 0 Å². The van der Waals surface area contributed by atoms with E-state index in [0.29, 0.717) is 13.0 Å². The predicted molar refractivity (Wildman–Crippen MR) is 113 cm³/mol. The van der Waals surface area contributed by atoms with E-state index in [1.165, 1.54) is 0 Å². The molecule has 2 aromatic heterocycles. The summed E-state index contributed by atoms with van der Waals surface area (Å²) in [6.07, 6.45) is 0.576. The molecule has 2 aromatic carbocycles. The minimum atomic E-state index is -0.674. The maximum Gasteiger partial charge on any atom is 0.231 e. The van der Waals surface area contributed by atoms with Gasteiger partial charge in [-0.05, 0) is 36.1 Å². The van der Waals surface area contributed by atoms with Crippen LogP contribution in [0.2, 0.25) is 0 Å². The van der Waals surface area contributed by atoms with Crippen molar-refractivity contribution in [3.8, 4) is 0 Å². The molecule has 1 unspecified atom stereocenters. The first-order chi connectivity index (χ1) is 13.1. The molecule has 0 saturated heterocycles. The quantitative estimate of drug-likeness (QED) is 0.491. The molecule has 1 atom stereocenters. The lowest BCUT2D eigenvalue weighted by Crippen LogP contribution is -2.43. The van der Waals surface area contributed by atoms with Crippen molar-refractivity contribution < 1.29 is 4.79 Å². The maximum absolute atomic E-state index is 13.3. The van der Waals surface area contributed by atoms with E-state index in [2.05, 4.69) is 11.4 Å². The third-order valence-electron chi connectivity index (χ3n) is 4.76. The van der Waals surface area contributed by atoms with E-state index >= 15 is 0 Å². The molecule has 4 rings (SSSR count). The summed E-state index contributed by atoms with van der Waals surface area (Å²) in [5.74, 6) is 0.0290. The molecule has 1 N–H and O–H groups in total. The highest BCUT2D eigenvalue weighted by molar-refractivity contribution is 7.18. The Kier molecular flexibility index (Phi) is 5.05. The molecule has 3 nitrogen and oxygen atoms in total. The summed E-state index contributed by atoms with van der Waals surface area (Å²) in [6.45, 7) is 2.57. The van der Waals surface area contributed by atoms with Crippen LogP contribution in [0.15, 0.2) is 72.1 Å². The first kappa shape index (κ1) is 17.9. The smallest absolute Gasteiger partial charge is 0.231 e. The molecule has 5 heteroatoms. The maximum atomic E-state index is 13.3. The number of aromatic nitrogens is 1. The number of nitrogens with one attached hydrogen (secondary N) is 1. The number of thiophene rings is 1. The van der Waals surface area contributed by atoms with Gasteiger partial charge < -0.3 is 5.32 Å².